The molecular weight excluding hydrogens is 544 g/mol. The predicted molar refractivity (Wildman–Crippen MR) is 156 cm³/mol. The molecule has 40 heavy (non-hydrogen) atoms. The number of hydrogen-bond acceptors (Lipinski definition) is 6. The van der Waals surface area contributed by atoms with E-state index in [0.29, 0.717) is 31.3 Å². The van der Waals surface area contributed by atoms with Crippen molar-refractivity contribution < 1.29 is 9.53 Å². The fourth-order valence-electron chi connectivity index (χ4n) is 4.82. The second kappa shape index (κ2) is 10.6. The second-order valence-corrected chi connectivity index (χ2v) is 10.6. The minimum atomic E-state index is -0.658. The summed E-state index contributed by atoms with van der Waals surface area (Å²) < 4.78 is 8.93. The molecule has 7 nitrogen and oxygen atoms in total. The van der Waals surface area contributed by atoms with Gasteiger partial charge in [0.25, 0.3) is 5.56 Å². The average Bonchev–Trinajstić information content (AvgIpc) is 3.54. The molecule has 198 valence electrons. The third-order valence-electron chi connectivity index (χ3n) is 6.71. The van der Waals surface area contributed by atoms with Gasteiger partial charge < -0.3 is 4.74 Å². The minimum Gasteiger partial charge on any atom is -0.466 e. The van der Waals surface area contributed by atoms with E-state index in [-0.39, 0.29) is 5.56 Å². The Hall–Kier alpha value is -4.53. The molecule has 6 rings (SSSR count). The van der Waals surface area contributed by atoms with Gasteiger partial charge in [0, 0.05) is 22.3 Å². The summed E-state index contributed by atoms with van der Waals surface area (Å²) in [6.07, 6.45) is 3.73. The lowest BCUT2D eigenvalue weighted by molar-refractivity contribution is -0.136. The zero-order valence-electron chi connectivity index (χ0n) is 21.6. The van der Waals surface area contributed by atoms with E-state index in [9.17, 15) is 9.59 Å². The molecule has 0 aliphatic carbocycles. The number of esters is 1. The van der Waals surface area contributed by atoms with Gasteiger partial charge in [0.1, 0.15) is 5.69 Å². The highest BCUT2D eigenvalue weighted by Gasteiger charge is 2.33. The molecule has 0 bridgehead atoms. The van der Waals surface area contributed by atoms with Crippen molar-refractivity contribution in [1.29, 1.82) is 0 Å². The van der Waals surface area contributed by atoms with Gasteiger partial charge in [0.05, 0.1) is 34.6 Å². The lowest BCUT2D eigenvalue weighted by Gasteiger charge is -2.24. The van der Waals surface area contributed by atoms with E-state index in [1.165, 1.54) is 18.4 Å². The van der Waals surface area contributed by atoms with Gasteiger partial charge in [-0.15, -0.1) is 0 Å². The lowest BCUT2D eigenvalue weighted by Crippen LogP contribution is -2.39. The van der Waals surface area contributed by atoms with Gasteiger partial charge >= 0.3 is 5.97 Å². The first-order valence-electron chi connectivity index (χ1n) is 12.5. The topological polar surface area (TPSA) is 78.5 Å². The number of nitrogens with zero attached hydrogens (tertiary/aromatic N) is 4. The van der Waals surface area contributed by atoms with Gasteiger partial charge in [-0.25, -0.2) is 14.5 Å². The van der Waals surface area contributed by atoms with Crippen molar-refractivity contribution in [3.8, 4) is 16.9 Å². The highest BCUT2D eigenvalue weighted by molar-refractivity contribution is 7.07. The summed E-state index contributed by atoms with van der Waals surface area (Å²) in [5.41, 5.74) is 4.63. The number of ether oxygens (including phenoxy) is 1. The van der Waals surface area contributed by atoms with Crippen LogP contribution in [0.15, 0.2) is 112 Å². The maximum Gasteiger partial charge on any atom is 0.338 e. The number of halogens is 1. The molecule has 0 radical (unpaired) electrons. The number of benzene rings is 3. The molecule has 0 spiro atoms. The van der Waals surface area contributed by atoms with E-state index >= 15 is 0 Å². The molecule has 5 aromatic rings. The Morgan fingerprint density at radius 3 is 2.35 bits per heavy atom. The summed E-state index contributed by atoms with van der Waals surface area (Å²) in [7, 11) is 1.33. The molecule has 1 aliphatic heterocycles. The first kappa shape index (κ1) is 25.7. The number of thiazole rings is 1. The summed E-state index contributed by atoms with van der Waals surface area (Å²) in [6, 6.07) is 26.0. The molecule has 3 aromatic carbocycles. The number of aromatic nitrogens is 3. The van der Waals surface area contributed by atoms with Crippen LogP contribution in [-0.4, -0.2) is 27.4 Å². The first-order chi connectivity index (χ1) is 19.4. The van der Waals surface area contributed by atoms with Crippen LogP contribution in [0.3, 0.4) is 0 Å². The third kappa shape index (κ3) is 4.61. The molecular formula is C31H23ClN4O3S. The van der Waals surface area contributed by atoms with Crippen LogP contribution >= 0.6 is 22.9 Å². The van der Waals surface area contributed by atoms with Crippen LogP contribution in [-0.2, 0) is 9.53 Å². The number of carbonyl (C=O) groups is 1. The molecule has 9 heteroatoms. The number of para-hydroxylation sites is 1. The van der Waals surface area contributed by atoms with Crippen LogP contribution in [0.1, 0.15) is 24.1 Å². The Bertz CT molecular complexity index is 1940. The summed E-state index contributed by atoms with van der Waals surface area (Å²) in [5.74, 6) is -0.515. The highest BCUT2D eigenvalue weighted by atomic mass is 35.5. The second-order valence-electron chi connectivity index (χ2n) is 9.20. The van der Waals surface area contributed by atoms with Crippen LogP contribution < -0.4 is 14.9 Å². The van der Waals surface area contributed by atoms with E-state index in [2.05, 4.69) is 4.99 Å². The quantitative estimate of drug-likeness (QED) is 0.283. The van der Waals surface area contributed by atoms with E-state index in [0.717, 1.165) is 22.4 Å². The Labute approximate surface area is 238 Å². The molecule has 2 aromatic heterocycles. The van der Waals surface area contributed by atoms with Crippen molar-refractivity contribution in [2.24, 2.45) is 4.99 Å². The maximum atomic E-state index is 14.0. The van der Waals surface area contributed by atoms with E-state index in [1.54, 1.807) is 16.2 Å². The lowest BCUT2D eigenvalue weighted by atomic mass is 9.96. The first-order valence-corrected chi connectivity index (χ1v) is 13.7. The van der Waals surface area contributed by atoms with Gasteiger partial charge in [-0.2, -0.15) is 5.10 Å². The van der Waals surface area contributed by atoms with Gasteiger partial charge in [0.2, 0.25) is 0 Å². The molecule has 0 fully saturated rings. The number of carbonyl (C=O) groups excluding carboxylic acids is 1. The molecule has 0 amide bonds. The monoisotopic (exact) mass is 566 g/mol. The van der Waals surface area contributed by atoms with Gasteiger partial charge in [-0.3, -0.25) is 9.36 Å². The largest absolute Gasteiger partial charge is 0.466 e. The van der Waals surface area contributed by atoms with Crippen molar-refractivity contribution >= 4 is 35.0 Å². The van der Waals surface area contributed by atoms with Gasteiger partial charge in [0.15, 0.2) is 4.80 Å². The van der Waals surface area contributed by atoms with Crippen molar-refractivity contribution in [3.05, 3.63) is 138 Å². The zero-order chi connectivity index (χ0) is 27.8. The van der Waals surface area contributed by atoms with E-state index < -0.39 is 12.0 Å². The SMILES string of the molecule is COC(=O)C1=C(C)N=c2s/c(=C\c3cn(-c4ccccc4)nc3-c3ccc(Cl)cc3)c(=O)n2[C@H]1c1ccccc1. The van der Waals surface area contributed by atoms with Crippen LogP contribution in [0.5, 0.6) is 0 Å². The Morgan fingerprint density at radius 1 is 1.00 bits per heavy atom. The summed E-state index contributed by atoms with van der Waals surface area (Å²) in [5, 5.41) is 5.48. The van der Waals surface area contributed by atoms with Gasteiger partial charge in [-0.05, 0) is 42.8 Å². The van der Waals surface area contributed by atoms with Crippen molar-refractivity contribution in [2.75, 3.05) is 7.11 Å². The smallest absolute Gasteiger partial charge is 0.338 e. The molecule has 1 atom stereocenters. The normalized spacial score (nSPS) is 15.1. The molecule has 0 unspecified atom stereocenters. The number of allylic oxidation sites excluding steroid dienone is 1. The maximum absolute atomic E-state index is 14.0. The highest BCUT2D eigenvalue weighted by Crippen LogP contribution is 2.30. The fraction of sp³-hybridized carbons (Fsp3) is 0.0968. The Balaban J connectivity index is 1.57. The third-order valence-corrected chi connectivity index (χ3v) is 7.94. The molecule has 0 saturated carbocycles. The summed E-state index contributed by atoms with van der Waals surface area (Å²) >= 11 is 7.42. The predicted octanol–water partition coefficient (Wildman–Crippen LogP) is 4.91. The number of rotatable bonds is 5. The van der Waals surface area contributed by atoms with Gasteiger partial charge in [-0.1, -0.05) is 83.6 Å². The summed E-state index contributed by atoms with van der Waals surface area (Å²) in [4.78, 5) is 32.0. The zero-order valence-corrected chi connectivity index (χ0v) is 23.2. The molecule has 3 heterocycles. The van der Waals surface area contributed by atoms with Crippen molar-refractivity contribution in [1.82, 2.24) is 14.3 Å². The van der Waals surface area contributed by atoms with E-state index in [4.69, 9.17) is 21.4 Å². The van der Waals surface area contributed by atoms with Crippen LogP contribution in [0.2, 0.25) is 5.02 Å². The minimum absolute atomic E-state index is 0.249. The molecule has 0 N–H and O–H groups in total. The summed E-state index contributed by atoms with van der Waals surface area (Å²) in [6.45, 7) is 1.77. The van der Waals surface area contributed by atoms with Crippen LogP contribution in [0.25, 0.3) is 23.0 Å². The average molecular weight is 567 g/mol. The van der Waals surface area contributed by atoms with Crippen molar-refractivity contribution in [3.63, 3.8) is 0 Å². The standard InChI is InChI=1S/C31H23ClN4O3S/c1-19-26(30(38)39-2)28(21-9-5-3-6-10-21)36-29(37)25(40-31(36)33-19)17-22-18-35(24-11-7-4-8-12-24)34-27(22)20-13-15-23(32)16-14-20/h3-18,28H,1-2H3/b25-17-/t28-/m0/s1. The van der Waals surface area contributed by atoms with Crippen molar-refractivity contribution in [2.45, 2.75) is 13.0 Å². The Morgan fingerprint density at radius 2 is 1.68 bits per heavy atom. The number of methoxy groups -OCH3 is 1. The van der Waals surface area contributed by atoms with E-state index in [1.807, 2.05) is 97.2 Å². The molecule has 0 saturated heterocycles. The number of fused-ring (bicyclic) bond motifs is 1. The molecule has 1 aliphatic rings. The Kier molecular flexibility index (Phi) is 6.79. The van der Waals surface area contributed by atoms with Crippen LogP contribution in [0.4, 0.5) is 0 Å². The van der Waals surface area contributed by atoms with Crippen LogP contribution in [0, 0.1) is 0 Å². The fourth-order valence-corrected chi connectivity index (χ4v) is 5.99. The number of hydrogen-bond donors (Lipinski definition) is 0.